The average Bonchev–Trinajstić information content (AvgIpc) is 2.27. The van der Waals surface area contributed by atoms with E-state index in [4.69, 9.17) is 20.7 Å². The fourth-order valence-corrected chi connectivity index (χ4v) is 4.03. The van der Waals surface area contributed by atoms with E-state index in [-0.39, 0.29) is 0 Å². The number of aliphatic hydroxyl groups excluding tert-OH is 2. The Hall–Kier alpha value is 0.430. The van der Waals surface area contributed by atoms with Crippen LogP contribution >= 0.6 is 11.6 Å². The van der Waals surface area contributed by atoms with Gasteiger partial charge in [-0.3, -0.25) is 0 Å². The summed E-state index contributed by atoms with van der Waals surface area (Å²) in [5, 5.41) is 18.2. The minimum absolute atomic E-state index is 0.447. The molecule has 0 heterocycles. The predicted octanol–water partition coefficient (Wildman–Crippen LogP) is 0.0903. The molecule has 6 nitrogen and oxygen atoms in total. The van der Waals surface area contributed by atoms with E-state index in [1.165, 1.54) is 0 Å². The standard InChI is InChI=1S/C8H15ClO6S2/c9-6-4(7(10)16(12)13)2-1-3-5(6)8(11)17(14)15/h4-8,10-11H,1-3H2,(H,12,13)(H,14,15). The second-order valence-electron chi connectivity index (χ2n) is 4.04. The Morgan fingerprint density at radius 2 is 1.35 bits per heavy atom. The van der Waals surface area contributed by atoms with Crippen LogP contribution in [0.3, 0.4) is 0 Å². The van der Waals surface area contributed by atoms with Gasteiger partial charge in [-0.05, 0) is 12.8 Å². The van der Waals surface area contributed by atoms with Crippen molar-refractivity contribution >= 4 is 33.8 Å². The summed E-state index contributed by atoms with van der Waals surface area (Å²) in [5.74, 6) is -1.33. The molecule has 0 amide bonds. The number of rotatable bonds is 4. The van der Waals surface area contributed by atoms with Gasteiger partial charge < -0.3 is 19.3 Å². The lowest BCUT2D eigenvalue weighted by molar-refractivity contribution is 0.0863. The van der Waals surface area contributed by atoms with Gasteiger partial charge >= 0.3 is 0 Å². The first kappa shape index (κ1) is 15.5. The number of halogens is 1. The first-order valence-electron chi connectivity index (χ1n) is 5.05. The van der Waals surface area contributed by atoms with Crippen LogP contribution in [0, 0.1) is 11.8 Å². The average molecular weight is 307 g/mol. The van der Waals surface area contributed by atoms with Crippen LogP contribution in [0.1, 0.15) is 19.3 Å². The van der Waals surface area contributed by atoms with Crippen molar-refractivity contribution in [3.8, 4) is 0 Å². The highest BCUT2D eigenvalue weighted by Gasteiger charge is 2.42. The zero-order valence-corrected chi connectivity index (χ0v) is 11.2. The van der Waals surface area contributed by atoms with Crippen molar-refractivity contribution < 1.29 is 27.7 Å². The molecule has 6 atom stereocenters. The monoisotopic (exact) mass is 306 g/mol. The summed E-state index contributed by atoms with van der Waals surface area (Å²) in [4.78, 5) is 0. The summed E-state index contributed by atoms with van der Waals surface area (Å²) >= 11 is 1.18. The summed E-state index contributed by atoms with van der Waals surface area (Å²) in [7, 11) is 0. The second-order valence-corrected chi connectivity index (χ2v) is 6.61. The summed E-state index contributed by atoms with van der Waals surface area (Å²) in [6.45, 7) is 0. The highest BCUT2D eigenvalue weighted by atomic mass is 35.5. The van der Waals surface area contributed by atoms with Crippen molar-refractivity contribution in [1.29, 1.82) is 0 Å². The van der Waals surface area contributed by atoms with E-state index in [1.54, 1.807) is 0 Å². The topological polar surface area (TPSA) is 115 Å². The van der Waals surface area contributed by atoms with Gasteiger partial charge in [-0.25, -0.2) is 8.42 Å². The van der Waals surface area contributed by atoms with Crippen LogP contribution in [0.5, 0.6) is 0 Å². The molecule has 0 aromatic heterocycles. The molecule has 6 unspecified atom stereocenters. The Morgan fingerprint density at radius 3 is 1.65 bits per heavy atom. The second kappa shape index (κ2) is 6.55. The Bertz CT molecular complexity index is 286. The highest BCUT2D eigenvalue weighted by Crippen LogP contribution is 2.38. The van der Waals surface area contributed by atoms with Crippen molar-refractivity contribution in [1.82, 2.24) is 0 Å². The Balaban J connectivity index is 2.78. The van der Waals surface area contributed by atoms with Gasteiger partial charge in [0.2, 0.25) is 0 Å². The molecule has 4 N–H and O–H groups in total. The zero-order valence-electron chi connectivity index (χ0n) is 8.81. The summed E-state index contributed by atoms with van der Waals surface area (Å²) in [6, 6.07) is 0. The van der Waals surface area contributed by atoms with Crippen LogP contribution < -0.4 is 0 Å². The number of aliphatic hydroxyl groups is 2. The lowest BCUT2D eigenvalue weighted by Gasteiger charge is -2.36. The molecule has 1 aliphatic rings. The number of hydrogen-bond donors (Lipinski definition) is 4. The Kier molecular flexibility index (Phi) is 5.97. The van der Waals surface area contributed by atoms with Crippen LogP contribution in [-0.4, -0.2) is 44.0 Å². The van der Waals surface area contributed by atoms with Gasteiger partial charge in [0, 0.05) is 17.2 Å². The predicted molar refractivity (Wildman–Crippen MR) is 64.0 cm³/mol. The molecule has 9 heteroatoms. The third-order valence-corrected chi connectivity index (χ3v) is 5.21. The maximum Gasteiger partial charge on any atom is 0.182 e. The maximum absolute atomic E-state index is 10.8. The van der Waals surface area contributed by atoms with Crippen LogP contribution in [0.2, 0.25) is 0 Å². The van der Waals surface area contributed by atoms with Crippen molar-refractivity contribution in [2.75, 3.05) is 0 Å². The third-order valence-electron chi connectivity index (χ3n) is 3.04. The van der Waals surface area contributed by atoms with Gasteiger partial charge in [-0.2, -0.15) is 0 Å². The summed E-state index contributed by atoms with van der Waals surface area (Å²) in [5.41, 5.74) is -3.00. The molecule has 0 radical (unpaired) electrons. The number of hydrogen-bond acceptors (Lipinski definition) is 4. The van der Waals surface area contributed by atoms with Crippen molar-refractivity contribution in [3.05, 3.63) is 0 Å². The highest BCUT2D eigenvalue weighted by molar-refractivity contribution is 7.79. The summed E-state index contributed by atoms with van der Waals surface area (Å²) < 4.78 is 39.2. The van der Waals surface area contributed by atoms with Gasteiger partial charge in [-0.15, -0.1) is 11.6 Å². The fourth-order valence-electron chi connectivity index (χ4n) is 2.12. The van der Waals surface area contributed by atoms with E-state index in [1.807, 2.05) is 0 Å². The molecule has 1 rings (SSSR count). The molecule has 1 fully saturated rings. The zero-order chi connectivity index (χ0) is 13.2. The minimum atomic E-state index is -2.42. The van der Waals surface area contributed by atoms with Crippen LogP contribution in [0.15, 0.2) is 0 Å². The quantitative estimate of drug-likeness (QED) is 0.432. The van der Waals surface area contributed by atoms with E-state index >= 15 is 0 Å². The Morgan fingerprint density at radius 1 is 1.00 bits per heavy atom. The number of alkyl halides is 1. The molecule has 0 aromatic carbocycles. The van der Waals surface area contributed by atoms with Gasteiger partial charge in [0.1, 0.15) is 0 Å². The molecule has 0 spiro atoms. The van der Waals surface area contributed by atoms with Crippen molar-refractivity contribution in [2.24, 2.45) is 11.8 Å². The Labute approximate surface area is 109 Å². The molecule has 0 saturated heterocycles. The van der Waals surface area contributed by atoms with Gasteiger partial charge in [0.15, 0.2) is 33.0 Å². The molecular formula is C8H15ClO6S2. The summed E-state index contributed by atoms with van der Waals surface area (Å²) in [6.07, 6.45) is 1.47. The lowest BCUT2D eigenvalue weighted by atomic mass is 9.81. The fraction of sp³-hybridized carbons (Fsp3) is 1.00. The minimum Gasteiger partial charge on any atom is -0.377 e. The molecule has 1 saturated carbocycles. The van der Waals surface area contributed by atoms with Crippen LogP contribution in [-0.2, 0) is 22.2 Å². The van der Waals surface area contributed by atoms with E-state index in [9.17, 15) is 18.6 Å². The molecule has 1 aliphatic carbocycles. The first-order valence-corrected chi connectivity index (χ1v) is 7.83. The normalized spacial score (nSPS) is 37.1. The van der Waals surface area contributed by atoms with Crippen LogP contribution in [0.25, 0.3) is 0 Å². The largest absolute Gasteiger partial charge is 0.377 e. The van der Waals surface area contributed by atoms with E-state index in [0.717, 1.165) is 0 Å². The molecular weight excluding hydrogens is 292 g/mol. The van der Waals surface area contributed by atoms with E-state index < -0.39 is 50.2 Å². The molecule has 0 aromatic rings. The SMILES string of the molecule is O=S(O)C(O)C1CCCC(C(O)S(=O)O)C1Cl. The van der Waals surface area contributed by atoms with E-state index in [2.05, 4.69) is 0 Å². The van der Waals surface area contributed by atoms with E-state index in [0.29, 0.717) is 19.3 Å². The lowest BCUT2D eigenvalue weighted by Crippen LogP contribution is -2.44. The molecule has 17 heavy (non-hydrogen) atoms. The maximum atomic E-state index is 10.8. The molecule has 102 valence electrons. The smallest absolute Gasteiger partial charge is 0.182 e. The van der Waals surface area contributed by atoms with Crippen molar-refractivity contribution in [2.45, 2.75) is 35.5 Å². The first-order chi connectivity index (χ1) is 7.86. The molecule has 0 bridgehead atoms. The third kappa shape index (κ3) is 3.69. The van der Waals surface area contributed by atoms with Gasteiger partial charge in [-0.1, -0.05) is 6.42 Å². The van der Waals surface area contributed by atoms with Crippen molar-refractivity contribution in [3.63, 3.8) is 0 Å². The van der Waals surface area contributed by atoms with Gasteiger partial charge in [0.25, 0.3) is 0 Å². The van der Waals surface area contributed by atoms with Crippen LogP contribution in [0.4, 0.5) is 0 Å². The van der Waals surface area contributed by atoms with Gasteiger partial charge in [0.05, 0.1) is 0 Å². The molecule has 0 aliphatic heterocycles.